The summed E-state index contributed by atoms with van der Waals surface area (Å²) in [4.78, 5) is 11.5. The first-order valence-electron chi connectivity index (χ1n) is 6.11. The molecule has 1 fully saturated rings. The fourth-order valence-electron chi connectivity index (χ4n) is 1.81. The van der Waals surface area contributed by atoms with Crippen LogP contribution in [0.5, 0.6) is 0 Å². The van der Waals surface area contributed by atoms with E-state index in [1.165, 1.54) is 0 Å². The van der Waals surface area contributed by atoms with E-state index in [0.717, 1.165) is 39.0 Å². The summed E-state index contributed by atoms with van der Waals surface area (Å²) >= 11 is 0. The van der Waals surface area contributed by atoms with E-state index in [1.807, 2.05) is 20.8 Å². The maximum atomic E-state index is 11.5. The quantitative estimate of drug-likeness (QED) is 0.775. The molecule has 0 bridgehead atoms. The molecule has 0 aromatic carbocycles. The number of hydrogen-bond donors (Lipinski definition) is 2. The molecule has 0 atom stereocenters. The summed E-state index contributed by atoms with van der Waals surface area (Å²) < 4.78 is 5.29. The Labute approximate surface area is 98.1 Å². The second-order valence-electron chi connectivity index (χ2n) is 5.48. The summed E-state index contributed by atoms with van der Waals surface area (Å²) in [7, 11) is 0. The number of nitrogens with one attached hydrogen (secondary N) is 2. The average molecular weight is 228 g/mol. The SMILES string of the molecule is CC(C)(C)NC(=O)NCCC1CCOCC1. The van der Waals surface area contributed by atoms with Gasteiger partial charge in [0.2, 0.25) is 0 Å². The van der Waals surface area contributed by atoms with Gasteiger partial charge in [0.05, 0.1) is 0 Å². The van der Waals surface area contributed by atoms with Crippen molar-refractivity contribution in [2.24, 2.45) is 5.92 Å². The van der Waals surface area contributed by atoms with Crippen molar-refractivity contribution in [1.82, 2.24) is 10.6 Å². The lowest BCUT2D eigenvalue weighted by molar-refractivity contribution is 0.0641. The normalized spacial score (nSPS) is 18.2. The highest BCUT2D eigenvalue weighted by Crippen LogP contribution is 2.17. The van der Waals surface area contributed by atoms with Crippen molar-refractivity contribution in [2.75, 3.05) is 19.8 Å². The van der Waals surface area contributed by atoms with Gasteiger partial charge in [0.25, 0.3) is 0 Å². The highest BCUT2D eigenvalue weighted by molar-refractivity contribution is 5.74. The van der Waals surface area contributed by atoms with Crippen molar-refractivity contribution >= 4 is 6.03 Å². The number of ether oxygens (including phenoxy) is 1. The van der Waals surface area contributed by atoms with Crippen LogP contribution >= 0.6 is 0 Å². The van der Waals surface area contributed by atoms with E-state index < -0.39 is 0 Å². The smallest absolute Gasteiger partial charge is 0.315 e. The molecular formula is C12H24N2O2. The van der Waals surface area contributed by atoms with Gasteiger partial charge < -0.3 is 15.4 Å². The second-order valence-corrected chi connectivity index (χ2v) is 5.48. The molecular weight excluding hydrogens is 204 g/mol. The molecule has 4 nitrogen and oxygen atoms in total. The number of hydrogen-bond acceptors (Lipinski definition) is 2. The van der Waals surface area contributed by atoms with Crippen LogP contribution in [0.3, 0.4) is 0 Å². The minimum absolute atomic E-state index is 0.0699. The molecule has 1 heterocycles. The van der Waals surface area contributed by atoms with Gasteiger partial charge in [-0.2, -0.15) is 0 Å². The molecule has 16 heavy (non-hydrogen) atoms. The van der Waals surface area contributed by atoms with Crippen molar-refractivity contribution in [3.8, 4) is 0 Å². The maximum Gasteiger partial charge on any atom is 0.315 e. The second kappa shape index (κ2) is 6.09. The number of carbonyl (C=O) groups is 1. The van der Waals surface area contributed by atoms with Crippen LogP contribution in [0.4, 0.5) is 4.79 Å². The van der Waals surface area contributed by atoms with E-state index in [2.05, 4.69) is 10.6 Å². The fourth-order valence-corrected chi connectivity index (χ4v) is 1.81. The molecule has 0 spiro atoms. The van der Waals surface area contributed by atoms with E-state index in [9.17, 15) is 4.79 Å². The molecule has 4 heteroatoms. The van der Waals surface area contributed by atoms with Crippen molar-refractivity contribution in [1.29, 1.82) is 0 Å². The molecule has 0 aromatic rings. The van der Waals surface area contributed by atoms with Gasteiger partial charge in [-0.1, -0.05) is 0 Å². The summed E-state index contributed by atoms with van der Waals surface area (Å²) in [5.41, 5.74) is -0.164. The first kappa shape index (κ1) is 13.3. The monoisotopic (exact) mass is 228 g/mol. The Morgan fingerprint density at radius 2 is 1.94 bits per heavy atom. The van der Waals surface area contributed by atoms with Crippen LogP contribution in [0.25, 0.3) is 0 Å². The van der Waals surface area contributed by atoms with Crippen LogP contribution in [0.15, 0.2) is 0 Å². The molecule has 0 unspecified atom stereocenters. The lowest BCUT2D eigenvalue weighted by Crippen LogP contribution is -2.46. The zero-order chi connectivity index (χ0) is 12.0. The van der Waals surface area contributed by atoms with Crippen molar-refractivity contribution in [2.45, 2.75) is 45.6 Å². The molecule has 1 rings (SSSR count). The molecule has 0 saturated carbocycles. The zero-order valence-corrected chi connectivity index (χ0v) is 10.6. The molecule has 2 amide bonds. The van der Waals surface area contributed by atoms with Crippen molar-refractivity contribution in [3.05, 3.63) is 0 Å². The summed E-state index contributed by atoms with van der Waals surface area (Å²) in [6, 6.07) is -0.0699. The fraction of sp³-hybridized carbons (Fsp3) is 0.917. The Kier molecular flexibility index (Phi) is 5.06. The average Bonchev–Trinajstić information content (AvgIpc) is 2.16. The topological polar surface area (TPSA) is 50.4 Å². The van der Waals surface area contributed by atoms with E-state index >= 15 is 0 Å². The lowest BCUT2D eigenvalue weighted by atomic mass is 9.97. The van der Waals surface area contributed by atoms with E-state index in [4.69, 9.17) is 4.74 Å². The third-order valence-corrected chi connectivity index (χ3v) is 2.67. The Hall–Kier alpha value is -0.770. The largest absolute Gasteiger partial charge is 0.381 e. The van der Waals surface area contributed by atoms with E-state index in [1.54, 1.807) is 0 Å². The van der Waals surface area contributed by atoms with Crippen LogP contribution < -0.4 is 10.6 Å². The standard InChI is InChI=1S/C12H24N2O2/c1-12(2,3)14-11(15)13-7-4-10-5-8-16-9-6-10/h10H,4-9H2,1-3H3,(H2,13,14,15). The predicted octanol–water partition coefficient (Wildman–Crippen LogP) is 1.90. The number of carbonyl (C=O) groups excluding carboxylic acids is 1. The summed E-state index contributed by atoms with van der Waals surface area (Å²) in [6.45, 7) is 8.44. The highest BCUT2D eigenvalue weighted by Gasteiger charge is 2.15. The minimum atomic E-state index is -0.164. The molecule has 94 valence electrons. The third-order valence-electron chi connectivity index (χ3n) is 2.67. The summed E-state index contributed by atoms with van der Waals surface area (Å²) in [5, 5.41) is 5.78. The van der Waals surface area contributed by atoms with Gasteiger partial charge in [0, 0.05) is 25.3 Å². The third kappa shape index (κ3) is 5.95. The Bertz CT molecular complexity index is 218. The molecule has 0 radical (unpaired) electrons. The minimum Gasteiger partial charge on any atom is -0.381 e. The van der Waals surface area contributed by atoms with Crippen molar-refractivity contribution in [3.63, 3.8) is 0 Å². The van der Waals surface area contributed by atoms with Gasteiger partial charge in [-0.15, -0.1) is 0 Å². The van der Waals surface area contributed by atoms with Crippen LogP contribution in [-0.2, 0) is 4.74 Å². The van der Waals surface area contributed by atoms with Gasteiger partial charge in [-0.05, 0) is 46.0 Å². The summed E-state index contributed by atoms with van der Waals surface area (Å²) in [5.74, 6) is 0.712. The number of amides is 2. The van der Waals surface area contributed by atoms with Gasteiger partial charge in [-0.25, -0.2) is 4.79 Å². The Morgan fingerprint density at radius 1 is 1.31 bits per heavy atom. The highest BCUT2D eigenvalue weighted by atomic mass is 16.5. The molecule has 1 saturated heterocycles. The summed E-state index contributed by atoms with van der Waals surface area (Å²) in [6.07, 6.45) is 3.31. The molecule has 1 aliphatic rings. The molecule has 0 aliphatic carbocycles. The first-order chi connectivity index (χ1) is 7.47. The zero-order valence-electron chi connectivity index (χ0n) is 10.6. The molecule has 1 aliphatic heterocycles. The van der Waals surface area contributed by atoms with Crippen LogP contribution in [0.2, 0.25) is 0 Å². The predicted molar refractivity (Wildman–Crippen MR) is 64.4 cm³/mol. The van der Waals surface area contributed by atoms with Gasteiger partial charge in [0.1, 0.15) is 0 Å². The first-order valence-corrected chi connectivity index (χ1v) is 6.11. The Balaban J connectivity index is 2.08. The van der Waals surface area contributed by atoms with Gasteiger partial charge >= 0.3 is 6.03 Å². The van der Waals surface area contributed by atoms with Crippen LogP contribution in [0, 0.1) is 5.92 Å². The molecule has 0 aromatic heterocycles. The lowest BCUT2D eigenvalue weighted by Gasteiger charge is -2.23. The van der Waals surface area contributed by atoms with Crippen LogP contribution in [0.1, 0.15) is 40.0 Å². The van der Waals surface area contributed by atoms with E-state index in [-0.39, 0.29) is 11.6 Å². The van der Waals surface area contributed by atoms with Gasteiger partial charge in [0.15, 0.2) is 0 Å². The number of rotatable bonds is 3. The van der Waals surface area contributed by atoms with Crippen molar-refractivity contribution < 1.29 is 9.53 Å². The molecule has 2 N–H and O–H groups in total. The van der Waals surface area contributed by atoms with E-state index in [0.29, 0.717) is 5.92 Å². The number of urea groups is 1. The van der Waals surface area contributed by atoms with Crippen LogP contribution in [-0.4, -0.2) is 31.3 Å². The van der Waals surface area contributed by atoms with Gasteiger partial charge in [-0.3, -0.25) is 0 Å². The maximum absolute atomic E-state index is 11.5. The Morgan fingerprint density at radius 3 is 2.50 bits per heavy atom.